The van der Waals surface area contributed by atoms with Gasteiger partial charge in [-0.1, -0.05) is 0 Å². The van der Waals surface area contributed by atoms with Crippen LogP contribution in [-0.2, 0) is 12.6 Å². The summed E-state index contributed by atoms with van der Waals surface area (Å²) in [6, 6.07) is 0. The van der Waals surface area contributed by atoms with Crippen molar-refractivity contribution in [2.45, 2.75) is 19.0 Å². The molecule has 0 saturated heterocycles. The molecule has 1 aromatic rings. The third-order valence-electron chi connectivity index (χ3n) is 1.65. The number of aromatic nitrogens is 1. The molecule has 0 amide bonds. The Morgan fingerprint density at radius 1 is 1.50 bits per heavy atom. The highest BCUT2D eigenvalue weighted by Gasteiger charge is 2.34. The van der Waals surface area contributed by atoms with E-state index in [0.717, 1.165) is 24.3 Å². The predicted molar refractivity (Wildman–Crippen MR) is 49.4 cm³/mol. The maximum atomic E-state index is 12.1. The minimum absolute atomic E-state index is 0.647. The Labute approximate surface area is 84.2 Å². The summed E-state index contributed by atoms with van der Waals surface area (Å²) in [5.41, 5.74) is 0. The molecule has 0 saturated carbocycles. The summed E-state index contributed by atoms with van der Waals surface area (Å²) in [4.78, 5) is 4.03. The number of hydrogen-bond acceptors (Lipinski definition) is 3. The number of nitrogens with zero attached hydrogens (tertiary/aromatic N) is 1. The van der Waals surface area contributed by atoms with Crippen molar-refractivity contribution < 1.29 is 13.2 Å². The van der Waals surface area contributed by atoms with E-state index in [0.29, 0.717) is 11.3 Å². The lowest BCUT2D eigenvalue weighted by Gasteiger charge is -1.99. The lowest BCUT2D eigenvalue weighted by molar-refractivity contribution is -0.137. The fraction of sp³-hybridized carbons (Fsp3) is 0.625. The third kappa shape index (κ3) is 3.26. The van der Waals surface area contributed by atoms with Crippen LogP contribution in [0.4, 0.5) is 13.2 Å². The summed E-state index contributed by atoms with van der Waals surface area (Å²) in [5.74, 6) is 0. The van der Waals surface area contributed by atoms with Crippen molar-refractivity contribution in [2.75, 3.05) is 13.6 Å². The van der Waals surface area contributed by atoms with E-state index in [2.05, 4.69) is 10.3 Å². The van der Waals surface area contributed by atoms with Crippen molar-refractivity contribution >= 4 is 11.3 Å². The number of rotatable bonds is 4. The van der Waals surface area contributed by atoms with Gasteiger partial charge in [0.05, 0.1) is 0 Å². The maximum Gasteiger partial charge on any atom is 0.443 e. The van der Waals surface area contributed by atoms with E-state index in [1.54, 1.807) is 0 Å². The summed E-state index contributed by atoms with van der Waals surface area (Å²) < 4.78 is 36.4. The molecule has 14 heavy (non-hydrogen) atoms. The Kier molecular flexibility index (Phi) is 3.88. The van der Waals surface area contributed by atoms with Crippen LogP contribution in [-0.4, -0.2) is 18.6 Å². The summed E-state index contributed by atoms with van der Waals surface area (Å²) >= 11 is 0.726. The first-order chi connectivity index (χ1) is 6.54. The van der Waals surface area contributed by atoms with Gasteiger partial charge < -0.3 is 5.32 Å². The van der Waals surface area contributed by atoms with Gasteiger partial charge in [0, 0.05) is 11.1 Å². The van der Waals surface area contributed by atoms with Crippen LogP contribution in [0, 0.1) is 0 Å². The van der Waals surface area contributed by atoms with E-state index in [1.165, 1.54) is 6.20 Å². The Hall–Kier alpha value is -0.620. The molecule has 0 bridgehead atoms. The highest BCUT2D eigenvalue weighted by Crippen LogP contribution is 2.32. The molecule has 0 unspecified atom stereocenters. The van der Waals surface area contributed by atoms with E-state index in [-0.39, 0.29) is 0 Å². The molecule has 1 rings (SSSR count). The van der Waals surface area contributed by atoms with Crippen molar-refractivity contribution in [3.63, 3.8) is 0 Å². The highest BCUT2D eigenvalue weighted by atomic mass is 32.1. The Balaban J connectivity index is 2.51. The van der Waals surface area contributed by atoms with Gasteiger partial charge in [-0.15, -0.1) is 11.3 Å². The zero-order valence-corrected chi connectivity index (χ0v) is 8.50. The van der Waals surface area contributed by atoms with Crippen molar-refractivity contribution in [3.8, 4) is 0 Å². The number of alkyl halides is 3. The minimum Gasteiger partial charge on any atom is -0.320 e. The molecule has 80 valence electrons. The molecule has 0 atom stereocenters. The first-order valence-corrected chi connectivity index (χ1v) is 5.02. The van der Waals surface area contributed by atoms with Gasteiger partial charge in [-0.3, -0.25) is 0 Å². The summed E-state index contributed by atoms with van der Waals surface area (Å²) in [6.07, 6.45) is -1.51. The van der Waals surface area contributed by atoms with Gasteiger partial charge in [0.15, 0.2) is 5.01 Å². The molecule has 2 nitrogen and oxygen atoms in total. The zero-order valence-electron chi connectivity index (χ0n) is 7.69. The van der Waals surface area contributed by atoms with Gasteiger partial charge in [0.1, 0.15) is 0 Å². The molecule has 0 aliphatic heterocycles. The molecule has 0 aliphatic carbocycles. The second-order valence-corrected chi connectivity index (χ2v) is 3.95. The normalized spacial score (nSPS) is 12.0. The van der Waals surface area contributed by atoms with E-state index >= 15 is 0 Å². The van der Waals surface area contributed by atoms with Crippen molar-refractivity contribution in [3.05, 3.63) is 16.1 Å². The van der Waals surface area contributed by atoms with Gasteiger partial charge in [0.25, 0.3) is 0 Å². The van der Waals surface area contributed by atoms with E-state index in [4.69, 9.17) is 0 Å². The molecular weight excluding hydrogens is 213 g/mol. The summed E-state index contributed by atoms with van der Waals surface area (Å²) in [6.45, 7) is 0.805. The van der Waals surface area contributed by atoms with E-state index in [9.17, 15) is 13.2 Å². The lowest BCUT2D eigenvalue weighted by atomic mass is 10.3. The van der Waals surface area contributed by atoms with Crippen LogP contribution in [0.3, 0.4) is 0 Å². The predicted octanol–water partition coefficient (Wildman–Crippen LogP) is 2.31. The van der Waals surface area contributed by atoms with Crippen LogP contribution in [0.2, 0.25) is 0 Å². The molecule has 1 aromatic heterocycles. The molecule has 1 N–H and O–H groups in total. The van der Waals surface area contributed by atoms with E-state index in [1.807, 2.05) is 7.05 Å². The second kappa shape index (κ2) is 4.75. The molecule has 0 radical (unpaired) electrons. The first kappa shape index (κ1) is 11.5. The molecule has 6 heteroatoms. The Morgan fingerprint density at radius 2 is 2.21 bits per heavy atom. The van der Waals surface area contributed by atoms with Crippen LogP contribution < -0.4 is 5.32 Å². The van der Waals surface area contributed by atoms with Crippen LogP contribution in [0.25, 0.3) is 0 Å². The number of nitrogens with one attached hydrogen (secondary N) is 1. The summed E-state index contributed by atoms with van der Waals surface area (Å²) in [5, 5.41) is 2.18. The monoisotopic (exact) mass is 224 g/mol. The highest BCUT2D eigenvalue weighted by molar-refractivity contribution is 7.11. The number of thiazole rings is 1. The molecule has 1 heterocycles. The van der Waals surface area contributed by atoms with Gasteiger partial charge in [-0.2, -0.15) is 13.2 Å². The standard InChI is InChI=1S/C8H11F3N2S/c1-12-4-2-3-6-5-13-7(14-6)8(9,10)11/h5,12H,2-4H2,1H3. The third-order valence-corrected chi connectivity index (χ3v) is 2.75. The van der Waals surface area contributed by atoms with Gasteiger partial charge in [0.2, 0.25) is 0 Å². The smallest absolute Gasteiger partial charge is 0.320 e. The van der Waals surface area contributed by atoms with Crippen LogP contribution in [0.1, 0.15) is 16.3 Å². The quantitative estimate of drug-likeness (QED) is 0.794. The zero-order chi connectivity index (χ0) is 10.6. The molecular formula is C8H11F3N2S. The topological polar surface area (TPSA) is 24.9 Å². The number of hydrogen-bond donors (Lipinski definition) is 1. The van der Waals surface area contributed by atoms with Crippen molar-refractivity contribution in [1.82, 2.24) is 10.3 Å². The SMILES string of the molecule is CNCCCc1cnc(C(F)(F)F)s1. The molecule has 0 spiro atoms. The van der Waals surface area contributed by atoms with Crippen LogP contribution in [0.5, 0.6) is 0 Å². The molecule has 0 fully saturated rings. The van der Waals surface area contributed by atoms with Crippen molar-refractivity contribution in [1.29, 1.82) is 0 Å². The van der Waals surface area contributed by atoms with Gasteiger partial charge in [-0.05, 0) is 26.4 Å². The molecule has 0 aliphatic rings. The minimum atomic E-state index is -4.30. The van der Waals surface area contributed by atoms with E-state index < -0.39 is 11.2 Å². The Morgan fingerprint density at radius 3 is 2.71 bits per heavy atom. The number of halogens is 3. The molecule has 0 aromatic carbocycles. The Bertz CT molecular complexity index is 282. The van der Waals surface area contributed by atoms with Gasteiger partial charge >= 0.3 is 6.18 Å². The van der Waals surface area contributed by atoms with Crippen molar-refractivity contribution in [2.24, 2.45) is 0 Å². The average molecular weight is 224 g/mol. The fourth-order valence-corrected chi connectivity index (χ4v) is 1.81. The van der Waals surface area contributed by atoms with Gasteiger partial charge in [-0.25, -0.2) is 4.98 Å². The van der Waals surface area contributed by atoms with Crippen LogP contribution in [0.15, 0.2) is 6.20 Å². The number of aryl methyl sites for hydroxylation is 1. The maximum absolute atomic E-state index is 12.1. The summed E-state index contributed by atoms with van der Waals surface area (Å²) in [7, 11) is 1.81. The fourth-order valence-electron chi connectivity index (χ4n) is 0.994. The lowest BCUT2D eigenvalue weighted by Crippen LogP contribution is -2.07. The van der Waals surface area contributed by atoms with Crippen LogP contribution >= 0.6 is 11.3 Å². The largest absolute Gasteiger partial charge is 0.443 e. The average Bonchev–Trinajstić information content (AvgIpc) is 2.52. The first-order valence-electron chi connectivity index (χ1n) is 4.20. The second-order valence-electron chi connectivity index (χ2n) is 2.84.